The standard InChI is InChI=1S/C20H22N4O3/c1-14-12-19-21-6-9-24(19)22-20(14)23-7-4-15(5-8-23)27-16-2-3-17-18(13-16)26-11-10-25-17/h2-3,6,9,12-13,15H,4-5,7-8,10-11H2,1H3. The summed E-state index contributed by atoms with van der Waals surface area (Å²) >= 11 is 0. The van der Waals surface area contributed by atoms with Crippen molar-refractivity contribution in [3.63, 3.8) is 0 Å². The van der Waals surface area contributed by atoms with Gasteiger partial charge in [-0.2, -0.15) is 0 Å². The summed E-state index contributed by atoms with van der Waals surface area (Å²) in [5.41, 5.74) is 2.04. The van der Waals surface area contributed by atoms with Crippen LogP contribution in [0, 0.1) is 6.92 Å². The van der Waals surface area contributed by atoms with E-state index in [2.05, 4.69) is 22.9 Å². The molecular formula is C20H22N4O3. The molecule has 0 saturated carbocycles. The highest BCUT2D eigenvalue weighted by atomic mass is 16.6. The van der Waals surface area contributed by atoms with E-state index in [9.17, 15) is 0 Å². The second-order valence-electron chi connectivity index (χ2n) is 6.99. The molecule has 5 rings (SSSR count). The molecule has 1 saturated heterocycles. The third kappa shape index (κ3) is 3.13. The van der Waals surface area contributed by atoms with Gasteiger partial charge in [0.25, 0.3) is 0 Å². The minimum atomic E-state index is 0.195. The molecule has 0 bridgehead atoms. The predicted molar refractivity (Wildman–Crippen MR) is 101 cm³/mol. The third-order valence-corrected chi connectivity index (χ3v) is 5.11. The lowest BCUT2D eigenvalue weighted by Gasteiger charge is -2.33. The third-order valence-electron chi connectivity index (χ3n) is 5.11. The van der Waals surface area contributed by atoms with Crippen molar-refractivity contribution in [2.45, 2.75) is 25.9 Å². The van der Waals surface area contributed by atoms with Crippen molar-refractivity contribution in [2.24, 2.45) is 0 Å². The Bertz CT molecular complexity index is 963. The summed E-state index contributed by atoms with van der Waals surface area (Å²) in [4.78, 5) is 6.63. The highest BCUT2D eigenvalue weighted by Gasteiger charge is 2.24. The Morgan fingerprint density at radius 2 is 1.89 bits per heavy atom. The lowest BCUT2D eigenvalue weighted by Crippen LogP contribution is -2.39. The second kappa shape index (κ2) is 6.64. The molecule has 0 radical (unpaired) electrons. The van der Waals surface area contributed by atoms with Crippen LogP contribution in [0.3, 0.4) is 0 Å². The van der Waals surface area contributed by atoms with Gasteiger partial charge in [0.05, 0.1) is 0 Å². The molecule has 2 aliphatic rings. The first kappa shape index (κ1) is 16.2. The van der Waals surface area contributed by atoms with E-state index in [0.717, 1.165) is 60.2 Å². The van der Waals surface area contributed by atoms with Crippen molar-refractivity contribution < 1.29 is 14.2 Å². The summed E-state index contributed by atoms with van der Waals surface area (Å²) in [6.45, 7) is 5.12. The Labute approximate surface area is 157 Å². The quantitative estimate of drug-likeness (QED) is 0.710. The van der Waals surface area contributed by atoms with Gasteiger partial charge in [-0.15, -0.1) is 5.10 Å². The summed E-state index contributed by atoms with van der Waals surface area (Å²) in [5, 5.41) is 4.72. The van der Waals surface area contributed by atoms with Gasteiger partial charge in [-0.3, -0.25) is 0 Å². The number of fused-ring (bicyclic) bond motifs is 2. The zero-order valence-corrected chi connectivity index (χ0v) is 15.3. The van der Waals surface area contributed by atoms with Crippen molar-refractivity contribution in [1.82, 2.24) is 14.6 Å². The van der Waals surface area contributed by atoms with E-state index in [-0.39, 0.29) is 6.10 Å². The number of piperidine rings is 1. The Hall–Kier alpha value is -2.96. The SMILES string of the molecule is Cc1cc2nccn2nc1N1CCC(Oc2ccc3c(c2)OCCO3)CC1. The molecule has 2 aliphatic heterocycles. The summed E-state index contributed by atoms with van der Waals surface area (Å²) in [5.74, 6) is 3.43. The molecule has 7 heteroatoms. The molecule has 0 amide bonds. The number of aromatic nitrogens is 3. The van der Waals surface area contributed by atoms with Crippen LogP contribution in [0.15, 0.2) is 36.7 Å². The zero-order valence-electron chi connectivity index (χ0n) is 15.3. The highest BCUT2D eigenvalue weighted by Crippen LogP contribution is 2.34. The number of nitrogens with zero attached hydrogens (tertiary/aromatic N) is 4. The van der Waals surface area contributed by atoms with Crippen LogP contribution in [-0.2, 0) is 0 Å². The molecule has 3 aromatic rings. The number of benzene rings is 1. The van der Waals surface area contributed by atoms with Crippen molar-refractivity contribution in [3.05, 3.63) is 42.2 Å². The van der Waals surface area contributed by atoms with Gasteiger partial charge in [0, 0.05) is 44.4 Å². The smallest absolute Gasteiger partial charge is 0.165 e. The highest BCUT2D eigenvalue weighted by molar-refractivity contribution is 5.53. The molecule has 0 atom stereocenters. The fourth-order valence-electron chi connectivity index (χ4n) is 3.72. The summed E-state index contributed by atoms with van der Waals surface area (Å²) in [7, 11) is 0. The number of aryl methyl sites for hydroxylation is 1. The van der Waals surface area contributed by atoms with Gasteiger partial charge in [0.2, 0.25) is 0 Å². The summed E-state index contributed by atoms with van der Waals surface area (Å²) in [6.07, 6.45) is 5.77. The van der Waals surface area contributed by atoms with Crippen LogP contribution in [0.4, 0.5) is 5.82 Å². The molecule has 4 heterocycles. The lowest BCUT2D eigenvalue weighted by molar-refractivity contribution is 0.159. The molecule has 0 aliphatic carbocycles. The van der Waals surface area contributed by atoms with Crippen molar-refractivity contribution >= 4 is 11.5 Å². The monoisotopic (exact) mass is 366 g/mol. The number of hydrogen-bond acceptors (Lipinski definition) is 6. The molecule has 0 N–H and O–H groups in total. The first-order valence-electron chi connectivity index (χ1n) is 9.38. The van der Waals surface area contributed by atoms with Crippen LogP contribution in [-0.4, -0.2) is 47.0 Å². The molecule has 7 nitrogen and oxygen atoms in total. The number of anilines is 1. The molecule has 1 fully saturated rings. The maximum atomic E-state index is 6.20. The van der Waals surface area contributed by atoms with Gasteiger partial charge in [-0.1, -0.05) is 0 Å². The van der Waals surface area contributed by atoms with E-state index < -0.39 is 0 Å². The molecule has 1 aromatic carbocycles. The second-order valence-corrected chi connectivity index (χ2v) is 6.99. The Balaban J connectivity index is 1.25. The Morgan fingerprint density at radius 1 is 1.07 bits per heavy atom. The van der Waals surface area contributed by atoms with Gasteiger partial charge in [-0.05, 0) is 30.7 Å². The summed E-state index contributed by atoms with van der Waals surface area (Å²) in [6, 6.07) is 7.89. The van der Waals surface area contributed by atoms with E-state index in [1.165, 1.54) is 0 Å². The van der Waals surface area contributed by atoms with Crippen LogP contribution in [0.5, 0.6) is 17.2 Å². The van der Waals surface area contributed by atoms with E-state index in [0.29, 0.717) is 13.2 Å². The molecule has 0 unspecified atom stereocenters. The number of ether oxygens (including phenoxy) is 3. The molecule has 0 spiro atoms. The topological polar surface area (TPSA) is 61.1 Å². The fourth-order valence-corrected chi connectivity index (χ4v) is 3.72. The minimum absolute atomic E-state index is 0.195. The largest absolute Gasteiger partial charge is 0.490 e. The van der Waals surface area contributed by atoms with Crippen LogP contribution in [0.2, 0.25) is 0 Å². The van der Waals surface area contributed by atoms with Gasteiger partial charge < -0.3 is 19.1 Å². The minimum Gasteiger partial charge on any atom is -0.490 e. The average Bonchev–Trinajstić information content (AvgIpc) is 3.15. The zero-order chi connectivity index (χ0) is 18.2. The van der Waals surface area contributed by atoms with Crippen LogP contribution in [0.25, 0.3) is 5.65 Å². The lowest BCUT2D eigenvalue weighted by atomic mass is 10.1. The van der Waals surface area contributed by atoms with Crippen LogP contribution < -0.4 is 19.1 Å². The fraction of sp³-hybridized carbons (Fsp3) is 0.400. The van der Waals surface area contributed by atoms with Gasteiger partial charge in [0.1, 0.15) is 25.1 Å². The number of imidazole rings is 1. The van der Waals surface area contributed by atoms with Crippen molar-refractivity contribution in [3.8, 4) is 17.2 Å². The van der Waals surface area contributed by atoms with Gasteiger partial charge in [-0.25, -0.2) is 9.50 Å². The molecule has 140 valence electrons. The van der Waals surface area contributed by atoms with Gasteiger partial charge >= 0.3 is 0 Å². The molecule has 27 heavy (non-hydrogen) atoms. The Kier molecular flexibility index (Phi) is 3.99. The van der Waals surface area contributed by atoms with Crippen molar-refractivity contribution in [2.75, 3.05) is 31.2 Å². The number of hydrogen-bond donors (Lipinski definition) is 0. The van der Waals surface area contributed by atoms with E-state index in [1.807, 2.05) is 28.9 Å². The maximum absolute atomic E-state index is 6.20. The Morgan fingerprint density at radius 3 is 2.74 bits per heavy atom. The van der Waals surface area contributed by atoms with Crippen LogP contribution in [0.1, 0.15) is 18.4 Å². The number of rotatable bonds is 3. The maximum Gasteiger partial charge on any atom is 0.165 e. The average molecular weight is 366 g/mol. The van der Waals surface area contributed by atoms with Gasteiger partial charge in [0.15, 0.2) is 23.0 Å². The predicted octanol–water partition coefficient (Wildman–Crippen LogP) is 2.86. The summed E-state index contributed by atoms with van der Waals surface area (Å²) < 4.78 is 19.2. The first-order valence-corrected chi connectivity index (χ1v) is 9.38. The first-order chi connectivity index (χ1) is 13.3. The van der Waals surface area contributed by atoms with Crippen LogP contribution >= 0.6 is 0 Å². The molecular weight excluding hydrogens is 344 g/mol. The van der Waals surface area contributed by atoms with E-state index >= 15 is 0 Å². The normalized spacial score (nSPS) is 17.3. The van der Waals surface area contributed by atoms with E-state index in [4.69, 9.17) is 19.3 Å². The molecule has 2 aromatic heterocycles. The van der Waals surface area contributed by atoms with E-state index in [1.54, 1.807) is 6.20 Å². The van der Waals surface area contributed by atoms with Crippen molar-refractivity contribution in [1.29, 1.82) is 0 Å².